The van der Waals surface area contributed by atoms with E-state index in [1.807, 2.05) is 6.92 Å². The number of carboxylic acids is 1. The lowest BCUT2D eigenvalue weighted by Gasteiger charge is -2.27. The number of hydrogen-bond donors (Lipinski definition) is 8. The molecule has 0 bridgehead atoms. The molecule has 5 atom stereocenters. The average Bonchev–Trinajstić information content (AvgIpc) is 2.77. The predicted molar refractivity (Wildman–Crippen MR) is 126 cm³/mol. The van der Waals surface area contributed by atoms with Crippen molar-refractivity contribution in [1.82, 2.24) is 16.0 Å². The van der Waals surface area contributed by atoms with E-state index < -0.39 is 53.8 Å². The molecular weight excluding hydrogens is 452 g/mol. The molecule has 5 unspecified atom stereocenters. The van der Waals surface area contributed by atoms with Gasteiger partial charge in [-0.1, -0.05) is 20.3 Å². The van der Waals surface area contributed by atoms with Crippen LogP contribution in [0.5, 0.6) is 0 Å². The van der Waals surface area contributed by atoms with Crippen molar-refractivity contribution >= 4 is 42.2 Å². The number of aliphatic carboxylic acids is 1. The molecule has 0 aliphatic rings. The molecule has 0 aliphatic heterocycles. The molecule has 13 heteroatoms. The Bertz CT molecular complexity index is 679. The minimum atomic E-state index is -1.18. The zero-order valence-electron chi connectivity index (χ0n) is 19.2. The summed E-state index contributed by atoms with van der Waals surface area (Å²) in [6, 6.07) is -4.29. The minimum Gasteiger partial charge on any atom is -0.480 e. The second-order valence-electron chi connectivity index (χ2n) is 7.91. The second kappa shape index (κ2) is 16.3. The van der Waals surface area contributed by atoms with E-state index >= 15 is 0 Å². The molecule has 190 valence electrons. The summed E-state index contributed by atoms with van der Waals surface area (Å²) in [5.74, 6) is -4.16. The van der Waals surface area contributed by atoms with Crippen molar-refractivity contribution in [3.05, 3.63) is 0 Å². The van der Waals surface area contributed by atoms with Gasteiger partial charge in [-0.05, 0) is 38.1 Å². The maximum Gasteiger partial charge on any atom is 0.326 e. The van der Waals surface area contributed by atoms with E-state index in [1.54, 1.807) is 6.92 Å². The third-order valence-corrected chi connectivity index (χ3v) is 5.57. The standard InChI is InChI=1S/C20H38N6O6S/c1-3-11(2)16(19(30)24-13(20(31)32)6-4-5-9-21)26-18(29)14(10-33)25-17(28)12(22)7-8-15(23)27/h11-14,16,33H,3-10,21-22H2,1-2H3,(H2,23,27)(H,24,30)(H,25,28)(H,26,29)(H,31,32). The predicted octanol–water partition coefficient (Wildman–Crippen LogP) is -1.78. The summed E-state index contributed by atoms with van der Waals surface area (Å²) in [5, 5.41) is 16.9. The van der Waals surface area contributed by atoms with Gasteiger partial charge in [0, 0.05) is 12.2 Å². The topological polar surface area (TPSA) is 220 Å². The number of primary amides is 1. The Kier molecular flexibility index (Phi) is 15.1. The molecule has 0 spiro atoms. The lowest BCUT2D eigenvalue weighted by atomic mass is 9.97. The van der Waals surface area contributed by atoms with Gasteiger partial charge in [-0.15, -0.1) is 0 Å². The summed E-state index contributed by atoms with van der Waals surface area (Å²) in [6.45, 7) is 3.97. The van der Waals surface area contributed by atoms with Crippen LogP contribution in [0.3, 0.4) is 0 Å². The van der Waals surface area contributed by atoms with Crippen LogP contribution in [0, 0.1) is 5.92 Å². The largest absolute Gasteiger partial charge is 0.480 e. The van der Waals surface area contributed by atoms with Crippen molar-refractivity contribution in [2.24, 2.45) is 23.1 Å². The highest BCUT2D eigenvalue weighted by Gasteiger charge is 2.32. The fourth-order valence-corrected chi connectivity index (χ4v) is 3.13. The van der Waals surface area contributed by atoms with Crippen molar-refractivity contribution in [2.75, 3.05) is 12.3 Å². The van der Waals surface area contributed by atoms with Gasteiger partial charge in [-0.2, -0.15) is 12.6 Å². The van der Waals surface area contributed by atoms with E-state index in [4.69, 9.17) is 17.2 Å². The van der Waals surface area contributed by atoms with E-state index in [2.05, 4.69) is 28.6 Å². The van der Waals surface area contributed by atoms with Crippen LogP contribution < -0.4 is 33.2 Å². The molecule has 0 fully saturated rings. The highest BCUT2D eigenvalue weighted by atomic mass is 32.1. The molecule has 10 N–H and O–H groups in total. The minimum absolute atomic E-state index is 0.0146. The molecule has 33 heavy (non-hydrogen) atoms. The smallest absolute Gasteiger partial charge is 0.326 e. The van der Waals surface area contributed by atoms with Crippen LogP contribution in [0.15, 0.2) is 0 Å². The van der Waals surface area contributed by atoms with Gasteiger partial charge in [-0.3, -0.25) is 19.2 Å². The number of carbonyl (C=O) groups excluding carboxylic acids is 4. The lowest BCUT2D eigenvalue weighted by molar-refractivity contribution is -0.143. The van der Waals surface area contributed by atoms with Crippen LogP contribution in [0.4, 0.5) is 0 Å². The lowest BCUT2D eigenvalue weighted by Crippen LogP contribution is -2.59. The van der Waals surface area contributed by atoms with Crippen molar-refractivity contribution in [1.29, 1.82) is 0 Å². The van der Waals surface area contributed by atoms with E-state index in [1.165, 1.54) is 0 Å². The SMILES string of the molecule is CCC(C)C(NC(=O)C(CS)NC(=O)C(N)CCC(N)=O)C(=O)NC(CCCCN)C(=O)O. The highest BCUT2D eigenvalue weighted by molar-refractivity contribution is 7.80. The Morgan fingerprint density at radius 1 is 0.939 bits per heavy atom. The molecule has 0 aromatic rings. The molecular formula is C20H38N6O6S. The molecule has 0 saturated carbocycles. The number of carbonyl (C=O) groups is 5. The third-order valence-electron chi connectivity index (χ3n) is 5.21. The third kappa shape index (κ3) is 11.9. The van der Waals surface area contributed by atoms with Gasteiger partial charge in [0.2, 0.25) is 23.6 Å². The van der Waals surface area contributed by atoms with Gasteiger partial charge in [0.25, 0.3) is 0 Å². The first-order valence-electron chi connectivity index (χ1n) is 11.0. The number of thiol groups is 1. The van der Waals surface area contributed by atoms with Gasteiger partial charge in [0.15, 0.2) is 0 Å². The van der Waals surface area contributed by atoms with Crippen LogP contribution in [0.1, 0.15) is 52.4 Å². The molecule has 0 aliphatic carbocycles. The van der Waals surface area contributed by atoms with Gasteiger partial charge in [-0.25, -0.2) is 4.79 Å². The maximum absolute atomic E-state index is 12.8. The fraction of sp³-hybridized carbons (Fsp3) is 0.750. The Labute approximate surface area is 199 Å². The molecule has 0 saturated heterocycles. The fourth-order valence-electron chi connectivity index (χ4n) is 2.87. The van der Waals surface area contributed by atoms with Crippen LogP contribution in [-0.4, -0.2) is 71.2 Å². The number of nitrogens with two attached hydrogens (primary N) is 3. The van der Waals surface area contributed by atoms with Crippen molar-refractivity contribution < 1.29 is 29.1 Å². The number of hydrogen-bond acceptors (Lipinski definition) is 8. The highest BCUT2D eigenvalue weighted by Crippen LogP contribution is 2.10. The summed E-state index contributed by atoms with van der Waals surface area (Å²) < 4.78 is 0. The van der Waals surface area contributed by atoms with Crippen molar-refractivity contribution in [3.63, 3.8) is 0 Å². The summed E-state index contributed by atoms with van der Waals surface area (Å²) in [5.41, 5.74) is 16.2. The zero-order valence-corrected chi connectivity index (χ0v) is 20.1. The van der Waals surface area contributed by atoms with Gasteiger partial charge in [0.1, 0.15) is 18.1 Å². The van der Waals surface area contributed by atoms with E-state index in [0.29, 0.717) is 25.8 Å². The van der Waals surface area contributed by atoms with Gasteiger partial charge in [0.05, 0.1) is 6.04 Å². The number of unbranched alkanes of at least 4 members (excludes halogenated alkanes) is 1. The number of nitrogens with one attached hydrogen (secondary N) is 3. The molecule has 0 radical (unpaired) electrons. The summed E-state index contributed by atoms with van der Waals surface area (Å²) in [7, 11) is 0. The zero-order chi connectivity index (χ0) is 25.6. The Balaban J connectivity index is 5.23. The first-order chi connectivity index (χ1) is 15.5. The molecule has 4 amide bonds. The molecule has 12 nitrogen and oxygen atoms in total. The molecule has 0 aromatic carbocycles. The van der Waals surface area contributed by atoms with E-state index in [0.717, 1.165) is 0 Å². The van der Waals surface area contributed by atoms with Crippen LogP contribution in [0.25, 0.3) is 0 Å². The Hall–Kier alpha value is -2.38. The van der Waals surface area contributed by atoms with E-state index in [-0.39, 0.29) is 30.9 Å². The van der Waals surface area contributed by atoms with E-state index in [9.17, 15) is 29.1 Å². The number of carboxylic acid groups (broad SMARTS) is 1. The molecule has 0 aromatic heterocycles. The summed E-state index contributed by atoms with van der Waals surface area (Å²) >= 11 is 4.08. The van der Waals surface area contributed by atoms with Crippen molar-refractivity contribution in [3.8, 4) is 0 Å². The van der Waals surface area contributed by atoms with Crippen LogP contribution in [0.2, 0.25) is 0 Å². The molecule has 0 rings (SSSR count). The summed E-state index contributed by atoms with van der Waals surface area (Å²) in [6.07, 6.45) is 1.81. The van der Waals surface area contributed by atoms with Crippen molar-refractivity contribution in [2.45, 2.75) is 76.5 Å². The first kappa shape index (κ1) is 30.6. The monoisotopic (exact) mass is 490 g/mol. The normalized spacial score (nSPS) is 15.4. The maximum atomic E-state index is 12.8. The quantitative estimate of drug-likeness (QED) is 0.0858. The molecule has 0 heterocycles. The van der Waals surface area contributed by atoms with Crippen LogP contribution in [-0.2, 0) is 24.0 Å². The number of rotatable bonds is 17. The van der Waals surface area contributed by atoms with Gasteiger partial charge >= 0.3 is 5.97 Å². The Morgan fingerprint density at radius 3 is 2.03 bits per heavy atom. The second-order valence-corrected chi connectivity index (χ2v) is 8.28. The van der Waals surface area contributed by atoms with Gasteiger partial charge < -0.3 is 38.3 Å². The van der Waals surface area contributed by atoms with Crippen LogP contribution >= 0.6 is 12.6 Å². The summed E-state index contributed by atoms with van der Waals surface area (Å²) in [4.78, 5) is 60.2. The Morgan fingerprint density at radius 2 is 1.55 bits per heavy atom. The first-order valence-corrected chi connectivity index (χ1v) is 11.6. The number of amides is 4. The average molecular weight is 491 g/mol.